The number of benzene rings is 5. The van der Waals surface area contributed by atoms with Gasteiger partial charge in [0.1, 0.15) is 11.4 Å². The van der Waals surface area contributed by atoms with E-state index in [-0.39, 0.29) is 49.6 Å². The summed E-state index contributed by atoms with van der Waals surface area (Å²) < 4.78 is 3.35. The molecule has 0 bridgehead atoms. The topological polar surface area (TPSA) is 124 Å². The molecular weight excluding hydrogens is 677 g/mol. The zero-order chi connectivity index (χ0) is 37.3. The number of carbonyl (C=O) groups is 4. The van der Waals surface area contributed by atoms with E-state index < -0.39 is 0 Å². The first-order valence-electron chi connectivity index (χ1n) is 17.6. The monoisotopic (exact) mass is 714 g/mol. The van der Waals surface area contributed by atoms with Gasteiger partial charge < -0.3 is 21.3 Å². The van der Waals surface area contributed by atoms with Crippen LogP contribution < -0.4 is 30.4 Å². The Morgan fingerprint density at radius 1 is 0.407 bits per heavy atom. The quantitative estimate of drug-likeness (QED) is 0.113. The second kappa shape index (κ2) is 16.4. The van der Waals surface area contributed by atoms with Gasteiger partial charge >= 0.3 is 0 Å². The summed E-state index contributed by atoms with van der Waals surface area (Å²) in [7, 11) is 0. The number of pyridine rings is 2. The SMILES string of the molecule is O=C(Cc1cccc2ccccc12)Nc1ccc[n+](CC(=O)Nc2ccccc2NC(=O)C[n+]2cccc(NC(=O)Cc3cccc4ccccc34)c2)c1. The van der Waals surface area contributed by atoms with E-state index in [0.29, 0.717) is 22.7 Å². The molecule has 0 fully saturated rings. The third-order valence-corrected chi connectivity index (χ3v) is 8.87. The summed E-state index contributed by atoms with van der Waals surface area (Å²) in [5, 5.41) is 15.9. The van der Waals surface area contributed by atoms with E-state index >= 15 is 0 Å². The molecule has 4 N–H and O–H groups in total. The van der Waals surface area contributed by atoms with E-state index in [1.807, 2.05) is 84.9 Å². The predicted octanol–water partition coefficient (Wildman–Crippen LogP) is 6.21. The Bertz CT molecular complexity index is 2330. The zero-order valence-electron chi connectivity index (χ0n) is 29.4. The molecule has 10 heteroatoms. The van der Waals surface area contributed by atoms with Crippen LogP contribution in [0.3, 0.4) is 0 Å². The molecular formula is C44H38N6O4+2. The highest BCUT2D eigenvalue weighted by Crippen LogP contribution is 2.22. The average Bonchev–Trinajstić information content (AvgIpc) is 3.16. The van der Waals surface area contributed by atoms with Crippen molar-refractivity contribution in [3.8, 4) is 0 Å². The van der Waals surface area contributed by atoms with E-state index in [9.17, 15) is 19.2 Å². The molecule has 0 aliphatic heterocycles. The Labute approximate surface area is 312 Å². The molecule has 2 heterocycles. The molecule has 7 rings (SSSR count). The molecule has 0 atom stereocenters. The van der Waals surface area contributed by atoms with Gasteiger partial charge in [-0.3, -0.25) is 19.2 Å². The van der Waals surface area contributed by atoms with Crippen molar-refractivity contribution in [3.63, 3.8) is 0 Å². The molecule has 7 aromatic rings. The first-order valence-corrected chi connectivity index (χ1v) is 17.6. The number of carbonyl (C=O) groups excluding carboxylic acids is 4. The van der Waals surface area contributed by atoms with E-state index in [4.69, 9.17) is 0 Å². The molecule has 0 spiro atoms. The number of fused-ring (bicyclic) bond motifs is 2. The molecule has 266 valence electrons. The smallest absolute Gasteiger partial charge is 0.290 e. The first kappa shape index (κ1) is 35.2. The highest BCUT2D eigenvalue weighted by Gasteiger charge is 2.17. The van der Waals surface area contributed by atoms with E-state index in [2.05, 4.69) is 21.3 Å². The van der Waals surface area contributed by atoms with Crippen molar-refractivity contribution >= 4 is 67.9 Å². The first-order chi connectivity index (χ1) is 26.4. The minimum absolute atomic E-state index is 0.0236. The average molecular weight is 715 g/mol. The van der Waals surface area contributed by atoms with Crippen LogP contribution in [0.15, 0.2) is 158 Å². The number of aromatic nitrogens is 2. The fourth-order valence-electron chi connectivity index (χ4n) is 6.45. The maximum absolute atomic E-state index is 13.1. The number of rotatable bonds is 12. The molecule has 0 saturated carbocycles. The number of hydrogen-bond donors (Lipinski definition) is 4. The molecule has 0 saturated heterocycles. The van der Waals surface area contributed by atoms with Crippen LogP contribution >= 0.6 is 0 Å². The minimum Gasteiger partial charge on any atom is -0.321 e. The largest absolute Gasteiger partial charge is 0.321 e. The van der Waals surface area contributed by atoms with Crippen molar-refractivity contribution in [1.29, 1.82) is 0 Å². The van der Waals surface area contributed by atoms with Crippen molar-refractivity contribution < 1.29 is 28.3 Å². The number of nitrogens with zero attached hydrogens (tertiary/aromatic N) is 2. The Hall–Kier alpha value is -7.20. The summed E-state index contributed by atoms with van der Waals surface area (Å²) in [4.78, 5) is 52.2. The summed E-state index contributed by atoms with van der Waals surface area (Å²) in [5.41, 5.74) is 3.88. The van der Waals surface area contributed by atoms with Gasteiger partial charge in [-0.1, -0.05) is 97.1 Å². The second-order valence-electron chi connectivity index (χ2n) is 12.9. The maximum atomic E-state index is 13.1. The van der Waals surface area contributed by atoms with Crippen molar-refractivity contribution in [2.24, 2.45) is 0 Å². The Morgan fingerprint density at radius 3 is 1.28 bits per heavy atom. The summed E-state index contributed by atoms with van der Waals surface area (Å²) in [6.45, 7) is -0.0473. The fourth-order valence-corrected chi connectivity index (χ4v) is 6.45. The van der Waals surface area contributed by atoms with Gasteiger partial charge in [0, 0.05) is 12.1 Å². The van der Waals surface area contributed by atoms with Gasteiger partial charge in [0.25, 0.3) is 11.8 Å². The van der Waals surface area contributed by atoms with Gasteiger partial charge in [-0.2, -0.15) is 9.13 Å². The summed E-state index contributed by atoms with van der Waals surface area (Å²) in [6, 6.07) is 41.8. The normalized spacial score (nSPS) is 10.8. The lowest BCUT2D eigenvalue weighted by molar-refractivity contribution is -0.683. The highest BCUT2D eigenvalue weighted by atomic mass is 16.2. The Balaban J connectivity index is 0.924. The molecule has 2 aromatic heterocycles. The third kappa shape index (κ3) is 8.99. The van der Waals surface area contributed by atoms with Gasteiger partial charge in [-0.15, -0.1) is 0 Å². The number of nitrogens with one attached hydrogen (secondary N) is 4. The van der Waals surface area contributed by atoms with Gasteiger partial charge in [0.2, 0.25) is 24.9 Å². The lowest BCUT2D eigenvalue weighted by Crippen LogP contribution is -2.41. The maximum Gasteiger partial charge on any atom is 0.290 e. The molecule has 0 aliphatic carbocycles. The van der Waals surface area contributed by atoms with Crippen LogP contribution in [0, 0.1) is 0 Å². The van der Waals surface area contributed by atoms with Gasteiger partial charge in [-0.25, -0.2) is 0 Å². The zero-order valence-corrected chi connectivity index (χ0v) is 29.4. The van der Waals surface area contributed by atoms with Crippen molar-refractivity contribution in [1.82, 2.24) is 0 Å². The Morgan fingerprint density at radius 2 is 0.815 bits per heavy atom. The minimum atomic E-state index is -0.317. The molecule has 10 nitrogen and oxygen atoms in total. The fraction of sp³-hybridized carbons (Fsp3) is 0.0909. The molecule has 4 amide bonds. The van der Waals surface area contributed by atoms with E-state index in [0.717, 1.165) is 32.7 Å². The number of anilines is 4. The van der Waals surface area contributed by atoms with Crippen LogP contribution in [0.4, 0.5) is 22.7 Å². The van der Waals surface area contributed by atoms with Crippen molar-refractivity contribution in [2.45, 2.75) is 25.9 Å². The summed E-state index contributed by atoms with van der Waals surface area (Å²) >= 11 is 0. The van der Waals surface area contributed by atoms with Crippen LogP contribution in [0.2, 0.25) is 0 Å². The lowest BCUT2D eigenvalue weighted by atomic mass is 10.0. The standard InChI is InChI=1S/C44H36N6O4/c51-41(25-33-15-7-13-31-11-1-3-19-37(31)33)45-35-17-9-23-49(27-35)29-43(53)47-39-21-5-6-22-40(39)48-44(54)30-50-24-10-18-36(28-50)46-42(52)26-34-16-8-14-32-12-2-4-20-38(32)34/h1-24,27-28H,25-26,29-30H2,(H2-2,45,46,47,48,51,52,53,54)/p+2. The predicted molar refractivity (Wildman–Crippen MR) is 210 cm³/mol. The molecule has 0 radical (unpaired) electrons. The van der Waals surface area contributed by atoms with Crippen LogP contribution in [-0.4, -0.2) is 23.6 Å². The van der Waals surface area contributed by atoms with Gasteiger partial charge in [0.05, 0.1) is 24.2 Å². The molecule has 5 aromatic carbocycles. The lowest BCUT2D eigenvalue weighted by Gasteiger charge is -2.11. The number of para-hydroxylation sites is 2. The second-order valence-corrected chi connectivity index (χ2v) is 12.9. The van der Waals surface area contributed by atoms with Crippen molar-refractivity contribution in [3.05, 3.63) is 169 Å². The van der Waals surface area contributed by atoms with Crippen LogP contribution in [0.25, 0.3) is 21.5 Å². The molecule has 54 heavy (non-hydrogen) atoms. The highest BCUT2D eigenvalue weighted by molar-refractivity contribution is 5.99. The van der Waals surface area contributed by atoms with Crippen LogP contribution in [-0.2, 0) is 45.1 Å². The summed E-state index contributed by atoms with van der Waals surface area (Å²) in [5.74, 6) is -0.959. The summed E-state index contributed by atoms with van der Waals surface area (Å²) in [6.07, 6.45) is 7.31. The molecule has 0 aliphatic rings. The van der Waals surface area contributed by atoms with Crippen molar-refractivity contribution in [2.75, 3.05) is 21.3 Å². The van der Waals surface area contributed by atoms with E-state index in [1.165, 1.54) is 0 Å². The van der Waals surface area contributed by atoms with Gasteiger partial charge in [0.15, 0.2) is 24.8 Å². The third-order valence-electron chi connectivity index (χ3n) is 8.87. The number of amides is 4. The van der Waals surface area contributed by atoms with Crippen LogP contribution in [0.1, 0.15) is 11.1 Å². The number of hydrogen-bond acceptors (Lipinski definition) is 4. The van der Waals surface area contributed by atoms with Crippen LogP contribution in [0.5, 0.6) is 0 Å². The van der Waals surface area contributed by atoms with Gasteiger partial charge in [-0.05, 0) is 56.9 Å². The molecule has 0 unspecified atom stereocenters. The Kier molecular flexibility index (Phi) is 10.7. The van der Waals surface area contributed by atoms with E-state index in [1.54, 1.807) is 82.5 Å².